The number of benzene rings is 1. The summed E-state index contributed by atoms with van der Waals surface area (Å²) in [5, 5.41) is 7.17. The number of rotatable bonds is 4. The number of hydrogen-bond acceptors (Lipinski definition) is 3. The third kappa shape index (κ3) is 2.95. The molecule has 0 aliphatic rings. The van der Waals surface area contributed by atoms with Crippen LogP contribution in [0.2, 0.25) is 0 Å². The van der Waals surface area contributed by atoms with Crippen LogP contribution in [-0.2, 0) is 4.74 Å². The first kappa shape index (κ1) is 11.0. The predicted molar refractivity (Wildman–Crippen MR) is 57.9 cm³/mol. The lowest BCUT2D eigenvalue weighted by atomic mass is 10.1. The maximum atomic E-state index is 11.3. The van der Waals surface area contributed by atoms with E-state index in [2.05, 4.69) is 6.58 Å². The van der Waals surface area contributed by atoms with Crippen molar-refractivity contribution in [3.05, 3.63) is 48.0 Å². The lowest BCUT2D eigenvalue weighted by Gasteiger charge is -2.02. The smallest absolute Gasteiger partial charge is 0.338 e. The average Bonchev–Trinajstić information content (AvgIpc) is 2.26. The molecule has 0 aliphatic heterocycles. The van der Waals surface area contributed by atoms with Crippen molar-refractivity contribution in [2.75, 3.05) is 6.61 Å². The molecule has 0 amide bonds. The summed E-state index contributed by atoms with van der Waals surface area (Å²) in [5.74, 6) is -0.439. The van der Waals surface area contributed by atoms with Crippen LogP contribution >= 0.6 is 0 Å². The standard InChI is InChI=1S/C11H12N2O2/c1-2-7-15-11(14)9-5-3-8(4-6-9)10(12)13/h2-6H,1,7H2,(H3,12,13). The first-order chi connectivity index (χ1) is 7.15. The number of esters is 1. The number of nitrogens with two attached hydrogens (primary N) is 1. The van der Waals surface area contributed by atoms with Gasteiger partial charge in [-0.2, -0.15) is 0 Å². The summed E-state index contributed by atoms with van der Waals surface area (Å²) >= 11 is 0. The molecule has 4 nitrogen and oxygen atoms in total. The summed E-state index contributed by atoms with van der Waals surface area (Å²) in [7, 11) is 0. The van der Waals surface area contributed by atoms with E-state index < -0.39 is 5.97 Å². The zero-order valence-electron chi connectivity index (χ0n) is 8.19. The van der Waals surface area contributed by atoms with Crippen LogP contribution in [0.25, 0.3) is 0 Å². The number of carbonyl (C=O) groups is 1. The molecule has 0 aliphatic carbocycles. The summed E-state index contributed by atoms with van der Waals surface area (Å²) in [6.07, 6.45) is 1.50. The molecule has 0 unspecified atom stereocenters. The van der Waals surface area contributed by atoms with Crippen molar-refractivity contribution in [2.24, 2.45) is 5.73 Å². The van der Waals surface area contributed by atoms with Crippen molar-refractivity contribution in [1.29, 1.82) is 5.41 Å². The Hall–Kier alpha value is -2.10. The zero-order valence-corrected chi connectivity index (χ0v) is 8.19. The van der Waals surface area contributed by atoms with E-state index in [0.29, 0.717) is 11.1 Å². The number of carbonyl (C=O) groups excluding carboxylic acids is 1. The second kappa shape index (κ2) is 4.95. The number of nitrogen functional groups attached to an aromatic ring is 1. The van der Waals surface area contributed by atoms with Gasteiger partial charge in [0.25, 0.3) is 0 Å². The Morgan fingerprint density at radius 2 is 1.93 bits per heavy atom. The number of hydrogen-bond donors (Lipinski definition) is 2. The highest BCUT2D eigenvalue weighted by molar-refractivity contribution is 5.96. The maximum Gasteiger partial charge on any atom is 0.338 e. The molecule has 0 atom stereocenters. The van der Waals surface area contributed by atoms with Crippen molar-refractivity contribution in [1.82, 2.24) is 0 Å². The Morgan fingerprint density at radius 1 is 1.40 bits per heavy atom. The highest BCUT2D eigenvalue weighted by atomic mass is 16.5. The minimum Gasteiger partial charge on any atom is -0.458 e. The molecule has 3 N–H and O–H groups in total. The number of ether oxygens (including phenoxy) is 1. The van der Waals surface area contributed by atoms with Gasteiger partial charge in [0.2, 0.25) is 0 Å². The lowest BCUT2D eigenvalue weighted by molar-refractivity contribution is 0.0550. The Labute approximate surface area is 87.9 Å². The second-order valence-corrected chi connectivity index (χ2v) is 2.88. The number of amidine groups is 1. The van der Waals surface area contributed by atoms with Gasteiger partial charge in [-0.05, 0) is 12.1 Å². The van der Waals surface area contributed by atoms with E-state index in [4.69, 9.17) is 15.9 Å². The molecule has 1 rings (SSSR count). The fourth-order valence-electron chi connectivity index (χ4n) is 1.00. The van der Waals surface area contributed by atoms with E-state index in [1.165, 1.54) is 6.08 Å². The molecule has 1 aromatic carbocycles. The van der Waals surface area contributed by atoms with E-state index in [0.717, 1.165) is 0 Å². The molecule has 0 bridgehead atoms. The molecule has 0 spiro atoms. The summed E-state index contributed by atoms with van der Waals surface area (Å²) < 4.78 is 4.84. The van der Waals surface area contributed by atoms with Crippen LogP contribution in [0.15, 0.2) is 36.9 Å². The first-order valence-corrected chi connectivity index (χ1v) is 4.37. The molecule has 0 radical (unpaired) electrons. The molecule has 0 saturated carbocycles. The van der Waals surface area contributed by atoms with Gasteiger partial charge in [0.15, 0.2) is 0 Å². The predicted octanol–water partition coefficient (Wildman–Crippen LogP) is 1.31. The first-order valence-electron chi connectivity index (χ1n) is 4.37. The molecular formula is C11H12N2O2. The number of nitrogens with one attached hydrogen (secondary N) is 1. The van der Waals surface area contributed by atoms with Gasteiger partial charge in [-0.1, -0.05) is 24.8 Å². The minimum atomic E-state index is -0.412. The molecule has 1 aromatic rings. The molecule has 0 heterocycles. The van der Waals surface area contributed by atoms with Gasteiger partial charge in [0.1, 0.15) is 12.4 Å². The molecule has 78 valence electrons. The molecule has 4 heteroatoms. The van der Waals surface area contributed by atoms with Gasteiger partial charge in [-0.3, -0.25) is 5.41 Å². The summed E-state index contributed by atoms with van der Waals surface area (Å²) in [4.78, 5) is 11.3. The van der Waals surface area contributed by atoms with Crippen LogP contribution in [-0.4, -0.2) is 18.4 Å². The van der Waals surface area contributed by atoms with Crippen LogP contribution in [0, 0.1) is 5.41 Å². The third-order valence-electron chi connectivity index (χ3n) is 1.76. The van der Waals surface area contributed by atoms with E-state index >= 15 is 0 Å². The zero-order chi connectivity index (χ0) is 11.3. The lowest BCUT2D eigenvalue weighted by Crippen LogP contribution is -2.11. The Bertz CT molecular complexity index is 382. The quantitative estimate of drug-likeness (QED) is 0.336. The molecule has 15 heavy (non-hydrogen) atoms. The maximum absolute atomic E-state index is 11.3. The van der Waals surface area contributed by atoms with Gasteiger partial charge >= 0.3 is 5.97 Å². The van der Waals surface area contributed by atoms with Crippen molar-refractivity contribution in [3.63, 3.8) is 0 Å². The van der Waals surface area contributed by atoms with Crippen molar-refractivity contribution in [2.45, 2.75) is 0 Å². The van der Waals surface area contributed by atoms with Crippen LogP contribution < -0.4 is 5.73 Å². The van der Waals surface area contributed by atoms with Crippen LogP contribution in [0.3, 0.4) is 0 Å². The van der Waals surface area contributed by atoms with Crippen LogP contribution in [0.5, 0.6) is 0 Å². The highest BCUT2D eigenvalue weighted by Crippen LogP contribution is 2.05. The summed E-state index contributed by atoms with van der Waals surface area (Å²) in [5.41, 5.74) is 6.29. The second-order valence-electron chi connectivity index (χ2n) is 2.88. The molecule has 0 saturated heterocycles. The Balaban J connectivity index is 2.75. The van der Waals surface area contributed by atoms with Crippen LogP contribution in [0.4, 0.5) is 0 Å². The Kier molecular flexibility index (Phi) is 3.62. The fourth-order valence-corrected chi connectivity index (χ4v) is 1.00. The van der Waals surface area contributed by atoms with Gasteiger partial charge in [0, 0.05) is 5.56 Å². The fraction of sp³-hybridized carbons (Fsp3) is 0.0909. The van der Waals surface area contributed by atoms with Crippen molar-refractivity contribution < 1.29 is 9.53 Å². The van der Waals surface area contributed by atoms with E-state index in [-0.39, 0.29) is 12.4 Å². The minimum absolute atomic E-state index is 0.0268. The Morgan fingerprint density at radius 3 is 2.40 bits per heavy atom. The van der Waals surface area contributed by atoms with E-state index in [1.807, 2.05) is 0 Å². The average molecular weight is 204 g/mol. The molecular weight excluding hydrogens is 192 g/mol. The van der Waals surface area contributed by atoms with Crippen LogP contribution in [0.1, 0.15) is 15.9 Å². The van der Waals surface area contributed by atoms with Gasteiger partial charge in [0.05, 0.1) is 5.56 Å². The summed E-state index contributed by atoms with van der Waals surface area (Å²) in [6.45, 7) is 3.63. The SMILES string of the molecule is C=CCOC(=O)c1ccc(C(=N)N)cc1. The van der Waals surface area contributed by atoms with Crippen molar-refractivity contribution in [3.8, 4) is 0 Å². The van der Waals surface area contributed by atoms with Gasteiger partial charge in [-0.25, -0.2) is 4.79 Å². The van der Waals surface area contributed by atoms with Crippen molar-refractivity contribution >= 4 is 11.8 Å². The van der Waals surface area contributed by atoms with Gasteiger partial charge in [-0.15, -0.1) is 0 Å². The van der Waals surface area contributed by atoms with Gasteiger partial charge < -0.3 is 10.5 Å². The van der Waals surface area contributed by atoms with E-state index in [1.54, 1.807) is 24.3 Å². The highest BCUT2D eigenvalue weighted by Gasteiger charge is 2.06. The molecule has 0 fully saturated rings. The molecule has 0 aromatic heterocycles. The summed E-state index contributed by atoms with van der Waals surface area (Å²) in [6, 6.07) is 6.35. The largest absolute Gasteiger partial charge is 0.458 e. The third-order valence-corrected chi connectivity index (χ3v) is 1.76. The monoisotopic (exact) mass is 204 g/mol. The topological polar surface area (TPSA) is 76.2 Å². The normalized spacial score (nSPS) is 9.33. The van der Waals surface area contributed by atoms with E-state index in [9.17, 15) is 4.79 Å².